The monoisotopic (exact) mass is 254 g/mol. The number of allylic oxidation sites excluding steroid dienone is 3. The van der Waals surface area contributed by atoms with Crippen molar-refractivity contribution in [2.45, 2.75) is 0 Å². The van der Waals surface area contributed by atoms with Crippen molar-refractivity contribution >= 4 is 23.6 Å². The largest absolute Gasteiger partial charge is 0.289 e. The first kappa shape index (κ1) is 11.0. The topological polar surface area (TPSA) is 32.7 Å². The molecule has 0 atom stereocenters. The molecule has 3 rings (SSSR count). The fraction of sp³-hybridized carbons (Fsp3) is 0. The van der Waals surface area contributed by atoms with Crippen molar-refractivity contribution in [3.05, 3.63) is 71.4 Å². The molecule has 1 aromatic carbocycles. The zero-order valence-corrected chi connectivity index (χ0v) is 10.3. The molecule has 0 fully saturated rings. The Morgan fingerprint density at radius 1 is 1.22 bits per heavy atom. The Labute approximate surface area is 109 Å². The Morgan fingerprint density at radius 3 is 2.83 bits per heavy atom. The lowest BCUT2D eigenvalue weighted by Crippen LogP contribution is -2.12. The summed E-state index contributed by atoms with van der Waals surface area (Å²) in [5, 5.41) is 0.718. The van der Waals surface area contributed by atoms with Crippen LogP contribution in [0.4, 0.5) is 0 Å². The van der Waals surface area contributed by atoms with Crippen LogP contribution < -0.4 is 0 Å². The fourth-order valence-electron chi connectivity index (χ4n) is 1.67. The number of amidine groups is 1. The van der Waals surface area contributed by atoms with Gasteiger partial charge in [0.25, 0.3) is 0 Å². The zero-order chi connectivity index (χ0) is 12.4. The van der Waals surface area contributed by atoms with Crippen molar-refractivity contribution in [3.8, 4) is 0 Å². The Hall–Kier alpha value is -2.07. The molecule has 0 bridgehead atoms. The SMILES string of the molecule is O=C(/C=C1\N=C2C=CC=CN2S1)c1ccccc1. The summed E-state index contributed by atoms with van der Waals surface area (Å²) in [5.74, 6) is 0.838. The summed E-state index contributed by atoms with van der Waals surface area (Å²) in [6.45, 7) is 0. The van der Waals surface area contributed by atoms with E-state index in [2.05, 4.69) is 4.99 Å². The molecule has 1 aromatic rings. The molecule has 2 aliphatic heterocycles. The van der Waals surface area contributed by atoms with E-state index in [1.807, 2.05) is 46.9 Å². The number of aliphatic imine (C=N–C) groups is 1. The average molecular weight is 254 g/mol. The average Bonchev–Trinajstić information content (AvgIpc) is 2.82. The highest BCUT2D eigenvalue weighted by molar-refractivity contribution is 8.01. The summed E-state index contributed by atoms with van der Waals surface area (Å²) in [6.07, 6.45) is 9.29. The molecule has 0 radical (unpaired) electrons. The highest BCUT2D eigenvalue weighted by Gasteiger charge is 2.20. The third-order valence-corrected chi connectivity index (χ3v) is 3.43. The van der Waals surface area contributed by atoms with Crippen molar-refractivity contribution in [2.75, 3.05) is 0 Å². The van der Waals surface area contributed by atoms with Crippen molar-refractivity contribution in [1.82, 2.24) is 4.31 Å². The van der Waals surface area contributed by atoms with Gasteiger partial charge >= 0.3 is 0 Å². The second-order valence-corrected chi connectivity index (χ2v) is 4.79. The molecule has 3 nitrogen and oxygen atoms in total. The van der Waals surface area contributed by atoms with Crippen LogP contribution >= 0.6 is 11.9 Å². The Bertz CT molecular complexity index is 599. The molecule has 2 aliphatic rings. The van der Waals surface area contributed by atoms with Gasteiger partial charge in [-0.3, -0.25) is 9.10 Å². The normalized spacial score (nSPS) is 19.0. The van der Waals surface area contributed by atoms with Gasteiger partial charge in [-0.25, -0.2) is 4.99 Å². The second kappa shape index (κ2) is 4.66. The number of hydrogen-bond donors (Lipinski definition) is 0. The number of ketones is 1. The van der Waals surface area contributed by atoms with Gasteiger partial charge in [0, 0.05) is 29.8 Å². The molecule has 4 heteroatoms. The molecule has 0 unspecified atom stereocenters. The Balaban J connectivity index is 1.83. The first-order valence-corrected chi connectivity index (χ1v) is 6.32. The lowest BCUT2D eigenvalue weighted by atomic mass is 10.1. The summed E-state index contributed by atoms with van der Waals surface area (Å²) in [6, 6.07) is 9.21. The van der Waals surface area contributed by atoms with Crippen LogP contribution in [0, 0.1) is 0 Å². The molecular formula is C14H10N2OS. The maximum atomic E-state index is 12.0. The van der Waals surface area contributed by atoms with Crippen LogP contribution in [0.15, 0.2) is 70.9 Å². The van der Waals surface area contributed by atoms with E-state index < -0.39 is 0 Å². The summed E-state index contributed by atoms with van der Waals surface area (Å²) in [5.41, 5.74) is 0.682. The standard InChI is InChI=1S/C14H10N2OS/c17-12(11-6-2-1-3-7-11)10-14-15-13-8-4-5-9-16(13)18-14/h1-10H/b14-10+. The van der Waals surface area contributed by atoms with E-state index in [0.717, 1.165) is 10.9 Å². The Kier molecular flexibility index (Phi) is 2.86. The van der Waals surface area contributed by atoms with E-state index >= 15 is 0 Å². The molecule has 2 heterocycles. The molecule has 0 saturated heterocycles. The number of hydrogen-bond acceptors (Lipinski definition) is 4. The van der Waals surface area contributed by atoms with Crippen LogP contribution in [0.5, 0.6) is 0 Å². The summed E-state index contributed by atoms with van der Waals surface area (Å²) in [7, 11) is 0. The van der Waals surface area contributed by atoms with Crippen molar-refractivity contribution in [1.29, 1.82) is 0 Å². The number of rotatable bonds is 2. The van der Waals surface area contributed by atoms with Gasteiger partial charge in [-0.15, -0.1) is 0 Å². The predicted molar refractivity (Wildman–Crippen MR) is 74.0 cm³/mol. The minimum atomic E-state index is -0.0183. The summed E-state index contributed by atoms with van der Waals surface area (Å²) in [4.78, 5) is 16.4. The van der Waals surface area contributed by atoms with Crippen molar-refractivity contribution in [3.63, 3.8) is 0 Å². The van der Waals surface area contributed by atoms with Crippen LogP contribution in [0.2, 0.25) is 0 Å². The summed E-state index contributed by atoms with van der Waals surface area (Å²) >= 11 is 1.45. The molecule has 18 heavy (non-hydrogen) atoms. The Morgan fingerprint density at radius 2 is 2.06 bits per heavy atom. The molecule has 88 valence electrons. The van der Waals surface area contributed by atoms with Gasteiger partial charge in [0.1, 0.15) is 10.9 Å². The molecule has 0 spiro atoms. The zero-order valence-electron chi connectivity index (χ0n) is 9.48. The lowest BCUT2D eigenvalue weighted by molar-refractivity contribution is 0.104. The van der Waals surface area contributed by atoms with Crippen LogP contribution in [0.1, 0.15) is 10.4 Å². The first-order chi connectivity index (χ1) is 8.83. The highest BCUT2D eigenvalue weighted by Crippen LogP contribution is 2.32. The molecule has 0 saturated carbocycles. The van der Waals surface area contributed by atoms with E-state index in [-0.39, 0.29) is 5.78 Å². The number of carbonyl (C=O) groups excluding carboxylic acids is 1. The number of benzene rings is 1. The smallest absolute Gasteiger partial charge is 0.188 e. The fourth-order valence-corrected chi connectivity index (χ4v) is 2.50. The van der Waals surface area contributed by atoms with Gasteiger partial charge in [0.15, 0.2) is 5.78 Å². The minimum Gasteiger partial charge on any atom is -0.289 e. The quantitative estimate of drug-likeness (QED) is 0.461. The van der Waals surface area contributed by atoms with Crippen LogP contribution in [0.3, 0.4) is 0 Å². The maximum Gasteiger partial charge on any atom is 0.188 e. The second-order valence-electron chi connectivity index (χ2n) is 3.80. The van der Waals surface area contributed by atoms with Crippen molar-refractivity contribution < 1.29 is 4.79 Å². The number of nitrogens with zero attached hydrogens (tertiary/aromatic N) is 2. The molecule has 0 aliphatic carbocycles. The third kappa shape index (κ3) is 2.15. The van der Waals surface area contributed by atoms with Crippen molar-refractivity contribution in [2.24, 2.45) is 4.99 Å². The van der Waals surface area contributed by atoms with E-state index in [9.17, 15) is 4.79 Å². The molecule has 0 N–H and O–H groups in total. The van der Waals surface area contributed by atoms with Crippen LogP contribution in [-0.2, 0) is 0 Å². The number of carbonyl (C=O) groups is 1. The maximum absolute atomic E-state index is 12.0. The highest BCUT2D eigenvalue weighted by atomic mass is 32.2. The van der Waals surface area contributed by atoms with Crippen LogP contribution in [-0.4, -0.2) is 15.9 Å². The van der Waals surface area contributed by atoms with Gasteiger partial charge in [-0.05, 0) is 12.2 Å². The van der Waals surface area contributed by atoms with Gasteiger partial charge in [-0.1, -0.05) is 36.4 Å². The third-order valence-electron chi connectivity index (χ3n) is 2.53. The van der Waals surface area contributed by atoms with E-state index in [4.69, 9.17) is 0 Å². The molecular weight excluding hydrogens is 244 g/mol. The van der Waals surface area contributed by atoms with Gasteiger partial charge in [0.2, 0.25) is 0 Å². The van der Waals surface area contributed by atoms with E-state index in [1.165, 1.54) is 11.9 Å². The molecule has 0 amide bonds. The van der Waals surface area contributed by atoms with Crippen LogP contribution in [0.25, 0.3) is 0 Å². The lowest BCUT2D eigenvalue weighted by Gasteiger charge is -2.11. The van der Waals surface area contributed by atoms with Gasteiger partial charge in [0.05, 0.1) is 0 Å². The summed E-state index contributed by atoms with van der Waals surface area (Å²) < 4.78 is 1.93. The van der Waals surface area contributed by atoms with Gasteiger partial charge in [-0.2, -0.15) is 0 Å². The molecule has 0 aromatic heterocycles. The predicted octanol–water partition coefficient (Wildman–Crippen LogP) is 3.16. The minimum absolute atomic E-state index is 0.0183. The first-order valence-electron chi connectivity index (χ1n) is 5.55. The number of fused-ring (bicyclic) bond motifs is 1. The van der Waals surface area contributed by atoms with E-state index in [0.29, 0.717) is 5.56 Å². The van der Waals surface area contributed by atoms with E-state index in [1.54, 1.807) is 18.2 Å². The van der Waals surface area contributed by atoms with Gasteiger partial charge < -0.3 is 0 Å².